The zero-order valence-corrected chi connectivity index (χ0v) is 18.0. The fourth-order valence-electron chi connectivity index (χ4n) is 3.40. The van der Waals surface area contributed by atoms with Crippen molar-refractivity contribution in [3.63, 3.8) is 0 Å². The largest absolute Gasteiger partial charge is 0.496 e. The molecule has 0 radical (unpaired) electrons. The molecule has 2 aromatic carbocycles. The van der Waals surface area contributed by atoms with Crippen LogP contribution >= 0.6 is 0 Å². The molecule has 0 unspecified atom stereocenters. The van der Waals surface area contributed by atoms with Crippen LogP contribution in [-0.2, 0) is 17.6 Å². The summed E-state index contributed by atoms with van der Waals surface area (Å²) in [4.78, 5) is 27.7. The molecule has 0 aliphatic carbocycles. The van der Waals surface area contributed by atoms with Crippen molar-refractivity contribution in [1.82, 2.24) is 10.3 Å². The monoisotopic (exact) mass is 426 g/mol. The lowest BCUT2D eigenvalue weighted by Gasteiger charge is -2.11. The molecule has 0 atom stereocenters. The summed E-state index contributed by atoms with van der Waals surface area (Å²) in [6, 6.07) is 10.6. The number of H-pyrrole nitrogens is 1. The normalized spacial score (nSPS) is 10.6. The van der Waals surface area contributed by atoms with E-state index in [9.17, 15) is 9.59 Å². The Morgan fingerprint density at radius 1 is 0.871 bits per heavy atom. The van der Waals surface area contributed by atoms with E-state index in [1.54, 1.807) is 58.8 Å². The highest BCUT2D eigenvalue weighted by Gasteiger charge is 2.12. The van der Waals surface area contributed by atoms with E-state index in [-0.39, 0.29) is 17.9 Å². The number of amides is 1. The van der Waals surface area contributed by atoms with E-state index in [2.05, 4.69) is 10.3 Å². The van der Waals surface area contributed by atoms with E-state index in [4.69, 9.17) is 18.9 Å². The molecule has 0 fully saturated rings. The van der Waals surface area contributed by atoms with Gasteiger partial charge in [-0.2, -0.15) is 0 Å². The molecule has 3 aromatic rings. The number of fused-ring (bicyclic) bond motifs is 1. The molecule has 0 bridgehead atoms. The zero-order chi connectivity index (χ0) is 22.4. The molecule has 0 saturated carbocycles. The fourth-order valence-corrected chi connectivity index (χ4v) is 3.40. The summed E-state index contributed by atoms with van der Waals surface area (Å²) in [6.07, 6.45) is 0.572. The Balaban J connectivity index is 1.68. The van der Waals surface area contributed by atoms with E-state index in [1.807, 2.05) is 6.07 Å². The molecule has 3 rings (SSSR count). The van der Waals surface area contributed by atoms with Crippen molar-refractivity contribution >= 4 is 16.8 Å². The minimum Gasteiger partial charge on any atom is -0.496 e. The molecular weight excluding hydrogens is 400 g/mol. The Morgan fingerprint density at radius 3 is 2.19 bits per heavy atom. The van der Waals surface area contributed by atoms with Crippen molar-refractivity contribution in [2.24, 2.45) is 0 Å². The van der Waals surface area contributed by atoms with E-state index < -0.39 is 0 Å². The van der Waals surface area contributed by atoms with Gasteiger partial charge in [0.1, 0.15) is 11.5 Å². The maximum Gasteiger partial charge on any atom is 0.251 e. The Bertz CT molecular complexity index is 1140. The topological polar surface area (TPSA) is 98.9 Å². The van der Waals surface area contributed by atoms with Crippen LogP contribution in [-0.4, -0.2) is 45.9 Å². The first-order chi connectivity index (χ1) is 15.0. The van der Waals surface area contributed by atoms with Crippen molar-refractivity contribution in [1.29, 1.82) is 0 Å². The molecule has 0 saturated heterocycles. The van der Waals surface area contributed by atoms with Crippen LogP contribution in [0.25, 0.3) is 10.9 Å². The van der Waals surface area contributed by atoms with Gasteiger partial charge in [-0.1, -0.05) is 6.07 Å². The van der Waals surface area contributed by atoms with Crippen molar-refractivity contribution in [3.05, 3.63) is 57.9 Å². The molecule has 1 heterocycles. The summed E-state index contributed by atoms with van der Waals surface area (Å²) in [5.41, 5.74) is 1.70. The van der Waals surface area contributed by atoms with Gasteiger partial charge < -0.3 is 29.2 Å². The molecule has 31 heavy (non-hydrogen) atoms. The Hall–Kier alpha value is -3.68. The number of methoxy groups -OCH3 is 4. The third kappa shape index (κ3) is 4.91. The summed E-state index contributed by atoms with van der Waals surface area (Å²) in [6.45, 7) is 0.326. The molecule has 0 aliphatic heterocycles. The number of aromatic amines is 1. The third-order valence-electron chi connectivity index (χ3n) is 4.98. The predicted octanol–water partition coefficient (Wildman–Crippen LogP) is 2.46. The van der Waals surface area contributed by atoms with Gasteiger partial charge in [0.15, 0.2) is 11.5 Å². The number of aromatic nitrogens is 1. The quantitative estimate of drug-likeness (QED) is 0.545. The van der Waals surface area contributed by atoms with Crippen molar-refractivity contribution in [3.8, 4) is 23.0 Å². The van der Waals surface area contributed by atoms with Crippen LogP contribution in [0.3, 0.4) is 0 Å². The van der Waals surface area contributed by atoms with E-state index >= 15 is 0 Å². The van der Waals surface area contributed by atoms with Crippen LogP contribution in [0.4, 0.5) is 0 Å². The average molecular weight is 426 g/mol. The number of ether oxygens (including phenoxy) is 4. The Labute approximate surface area is 180 Å². The maximum atomic E-state index is 12.5. The molecule has 1 amide bonds. The zero-order valence-electron chi connectivity index (χ0n) is 18.0. The SMILES string of the molecule is COc1ccc(CC(=O)NCCc2cc3c(OC)ccc(OC)c3[nH]c2=O)cc1OC. The van der Waals surface area contributed by atoms with Crippen molar-refractivity contribution < 1.29 is 23.7 Å². The summed E-state index contributed by atoms with van der Waals surface area (Å²) < 4.78 is 21.2. The van der Waals surface area contributed by atoms with Crippen molar-refractivity contribution in [2.45, 2.75) is 12.8 Å². The number of carbonyl (C=O) groups excluding carboxylic acids is 1. The van der Waals surface area contributed by atoms with E-state index in [1.165, 1.54) is 0 Å². The van der Waals surface area contributed by atoms with E-state index in [0.717, 1.165) is 10.9 Å². The second kappa shape index (κ2) is 9.88. The summed E-state index contributed by atoms with van der Waals surface area (Å²) in [7, 11) is 6.22. The van der Waals surface area contributed by atoms with Gasteiger partial charge in [-0.15, -0.1) is 0 Å². The van der Waals surface area contributed by atoms with Gasteiger partial charge in [-0.3, -0.25) is 9.59 Å². The number of nitrogens with one attached hydrogen (secondary N) is 2. The highest BCUT2D eigenvalue weighted by molar-refractivity contribution is 5.90. The maximum absolute atomic E-state index is 12.5. The number of hydrogen-bond acceptors (Lipinski definition) is 6. The number of rotatable bonds is 9. The van der Waals surface area contributed by atoms with Gasteiger partial charge in [0, 0.05) is 17.5 Å². The number of benzene rings is 2. The summed E-state index contributed by atoms with van der Waals surface area (Å²) >= 11 is 0. The summed E-state index contributed by atoms with van der Waals surface area (Å²) in [5, 5.41) is 3.60. The molecule has 2 N–H and O–H groups in total. The lowest BCUT2D eigenvalue weighted by Crippen LogP contribution is -2.28. The molecular formula is C23H26N2O6. The number of pyridine rings is 1. The van der Waals surface area contributed by atoms with Gasteiger partial charge in [0.25, 0.3) is 5.56 Å². The van der Waals surface area contributed by atoms with Gasteiger partial charge >= 0.3 is 0 Å². The van der Waals surface area contributed by atoms with E-state index in [0.29, 0.717) is 47.0 Å². The Morgan fingerprint density at radius 2 is 1.52 bits per heavy atom. The Kier molecular flexibility index (Phi) is 7.02. The van der Waals surface area contributed by atoms with Crippen molar-refractivity contribution in [2.75, 3.05) is 35.0 Å². The lowest BCUT2D eigenvalue weighted by molar-refractivity contribution is -0.120. The van der Waals surface area contributed by atoms with Crippen LogP contribution in [0, 0.1) is 0 Å². The van der Waals surface area contributed by atoms with Gasteiger partial charge in [0.05, 0.1) is 40.4 Å². The smallest absolute Gasteiger partial charge is 0.251 e. The first-order valence-corrected chi connectivity index (χ1v) is 9.75. The lowest BCUT2D eigenvalue weighted by atomic mass is 10.1. The minimum absolute atomic E-state index is 0.149. The number of hydrogen-bond donors (Lipinski definition) is 2. The minimum atomic E-state index is -0.229. The molecule has 8 nitrogen and oxygen atoms in total. The standard InChI is InChI=1S/C23H26N2O6/c1-28-17-7-8-19(30-3)22-16(17)13-15(23(27)25-22)9-10-24-21(26)12-14-5-6-18(29-2)20(11-14)31-4/h5-8,11,13H,9-10,12H2,1-4H3,(H,24,26)(H,25,27). The van der Waals surface area contributed by atoms with Crippen LogP contribution in [0.1, 0.15) is 11.1 Å². The first-order valence-electron chi connectivity index (χ1n) is 9.75. The molecule has 0 aliphatic rings. The average Bonchev–Trinajstić information content (AvgIpc) is 2.78. The van der Waals surface area contributed by atoms with Crippen LogP contribution < -0.4 is 29.8 Å². The predicted molar refractivity (Wildman–Crippen MR) is 118 cm³/mol. The van der Waals surface area contributed by atoms with Crippen LogP contribution in [0.15, 0.2) is 41.2 Å². The second-order valence-electron chi connectivity index (χ2n) is 6.85. The summed E-state index contributed by atoms with van der Waals surface area (Å²) in [5.74, 6) is 2.21. The molecule has 164 valence electrons. The van der Waals surface area contributed by atoms with Crippen LogP contribution in [0.2, 0.25) is 0 Å². The third-order valence-corrected chi connectivity index (χ3v) is 4.98. The molecule has 8 heteroatoms. The van der Waals surface area contributed by atoms with Gasteiger partial charge in [-0.25, -0.2) is 0 Å². The highest BCUT2D eigenvalue weighted by atomic mass is 16.5. The molecule has 0 spiro atoms. The highest BCUT2D eigenvalue weighted by Crippen LogP contribution is 2.31. The molecule has 1 aromatic heterocycles. The second-order valence-corrected chi connectivity index (χ2v) is 6.85. The fraction of sp³-hybridized carbons (Fsp3) is 0.304. The van der Waals surface area contributed by atoms with Gasteiger partial charge in [0.2, 0.25) is 5.91 Å². The van der Waals surface area contributed by atoms with Gasteiger partial charge in [-0.05, 0) is 42.3 Å². The first kappa shape index (κ1) is 22.0. The van der Waals surface area contributed by atoms with Crippen LogP contribution in [0.5, 0.6) is 23.0 Å². The number of carbonyl (C=O) groups is 1.